The molecule has 0 aliphatic heterocycles. The van der Waals surface area contributed by atoms with Gasteiger partial charge < -0.3 is 28.4 Å². The van der Waals surface area contributed by atoms with E-state index < -0.39 is 18.2 Å². The Balaban J connectivity index is 2.04. The molecule has 0 unspecified atom stereocenters. The van der Waals surface area contributed by atoms with E-state index in [0.29, 0.717) is 11.5 Å². The van der Waals surface area contributed by atoms with Gasteiger partial charge in [-0.15, -0.1) is 9.78 Å². The van der Waals surface area contributed by atoms with Gasteiger partial charge in [0.05, 0.1) is 41.7 Å². The monoisotopic (exact) mass is 508 g/mol. The predicted molar refractivity (Wildman–Crippen MR) is 122 cm³/mol. The summed E-state index contributed by atoms with van der Waals surface area (Å²) in [5.41, 5.74) is 0.0877. The summed E-state index contributed by atoms with van der Waals surface area (Å²) in [5.74, 6) is -0.523. The number of hydrogen-bond donors (Lipinski definition) is 0. The van der Waals surface area contributed by atoms with Crippen LogP contribution in [0.4, 0.5) is 0 Å². The Bertz CT molecular complexity index is 906. The highest BCUT2D eigenvalue weighted by atomic mass is 17.3. The molecule has 0 aliphatic rings. The van der Waals surface area contributed by atoms with Crippen molar-refractivity contribution in [1.82, 2.24) is 0 Å². The van der Waals surface area contributed by atoms with E-state index in [4.69, 9.17) is 48.0 Å². The summed E-state index contributed by atoms with van der Waals surface area (Å²) >= 11 is 0. The molecule has 0 heterocycles. The second-order valence-corrected chi connectivity index (χ2v) is 6.58. The average molecular weight is 508 g/mol. The zero-order valence-corrected chi connectivity index (χ0v) is 20.4. The van der Waals surface area contributed by atoms with Crippen LogP contribution in [0, 0.1) is 13.2 Å². The Labute approximate surface area is 208 Å². The summed E-state index contributed by atoms with van der Waals surface area (Å²) in [5, 5.41) is 0. The number of hydrogen-bond acceptors (Lipinski definition) is 12. The van der Waals surface area contributed by atoms with Gasteiger partial charge in [0.15, 0.2) is 0 Å². The molecule has 0 amide bonds. The van der Waals surface area contributed by atoms with E-state index in [1.165, 1.54) is 64.8 Å². The van der Waals surface area contributed by atoms with Crippen molar-refractivity contribution in [2.75, 3.05) is 54.9 Å². The van der Waals surface area contributed by atoms with Gasteiger partial charge in [0.1, 0.15) is 40.7 Å². The molecule has 2 rings (SSSR count). The normalized spacial score (nSPS) is 10.6. The van der Waals surface area contributed by atoms with Gasteiger partial charge in [-0.1, -0.05) is 0 Å². The molecule has 12 heteroatoms. The van der Waals surface area contributed by atoms with Gasteiger partial charge in [0.25, 0.3) is 0 Å². The molecule has 2 radical (unpaired) electrons. The van der Waals surface area contributed by atoms with E-state index in [2.05, 4.69) is 6.92 Å². The molecular weight excluding hydrogens is 480 g/mol. The maximum Gasteiger partial charge on any atom is 0.376 e. The van der Waals surface area contributed by atoms with Gasteiger partial charge in [-0.05, 0) is 31.2 Å². The van der Waals surface area contributed by atoms with Crippen LogP contribution in [-0.4, -0.2) is 66.8 Å². The largest absolute Gasteiger partial charge is 0.497 e. The molecule has 2 aromatic carbocycles. The van der Waals surface area contributed by atoms with Crippen molar-refractivity contribution in [1.29, 1.82) is 0 Å². The zero-order chi connectivity index (χ0) is 26.3. The first kappa shape index (κ1) is 28.7. The van der Waals surface area contributed by atoms with Crippen LogP contribution >= 0.6 is 0 Å². The number of benzene rings is 2. The third-order valence-corrected chi connectivity index (χ3v) is 4.41. The predicted octanol–water partition coefficient (Wildman–Crippen LogP) is 2.95. The molecular formula is C24H28O12. The van der Waals surface area contributed by atoms with Crippen LogP contribution in [-0.2, 0) is 29.0 Å². The maximum atomic E-state index is 12.5. The lowest BCUT2D eigenvalue weighted by Crippen LogP contribution is -2.21. The van der Waals surface area contributed by atoms with E-state index in [0.717, 1.165) is 0 Å². The highest BCUT2D eigenvalue weighted by molar-refractivity contribution is 5.93. The Morgan fingerprint density at radius 3 is 1.56 bits per heavy atom. The van der Waals surface area contributed by atoms with Crippen molar-refractivity contribution in [3.05, 3.63) is 60.7 Å². The minimum atomic E-state index is -0.917. The second kappa shape index (κ2) is 15.4. The van der Waals surface area contributed by atoms with Gasteiger partial charge in [0, 0.05) is 18.7 Å². The highest BCUT2D eigenvalue weighted by Gasteiger charge is 2.25. The number of rotatable bonds is 16. The average Bonchev–Trinajstić information content (AvgIpc) is 2.92. The molecule has 0 aliphatic carbocycles. The zero-order valence-electron chi connectivity index (χ0n) is 20.4. The fourth-order valence-corrected chi connectivity index (χ4v) is 2.63. The minimum absolute atomic E-state index is 0.0439. The van der Waals surface area contributed by atoms with Crippen molar-refractivity contribution in [2.45, 2.75) is 0 Å². The van der Waals surface area contributed by atoms with Crippen LogP contribution in [0.2, 0.25) is 0 Å². The van der Waals surface area contributed by atoms with Crippen LogP contribution in [0.3, 0.4) is 0 Å². The first-order valence-electron chi connectivity index (χ1n) is 10.5. The van der Waals surface area contributed by atoms with E-state index in [1.54, 1.807) is 0 Å². The SMILES string of the molecule is [CH2]COCCOC[C](OOC(=O)c1ccc(OC)cc1OC)OOC(=O)c1ccc(OC)cc1OC. The minimum Gasteiger partial charge on any atom is -0.497 e. The molecule has 0 saturated carbocycles. The summed E-state index contributed by atoms with van der Waals surface area (Å²) in [7, 11) is 5.70. The third kappa shape index (κ3) is 8.57. The van der Waals surface area contributed by atoms with E-state index >= 15 is 0 Å². The van der Waals surface area contributed by atoms with E-state index in [9.17, 15) is 9.59 Å². The van der Waals surface area contributed by atoms with Gasteiger partial charge in [-0.2, -0.15) is 0 Å². The lowest BCUT2D eigenvalue weighted by molar-refractivity contribution is -0.368. The number of ether oxygens (including phenoxy) is 6. The van der Waals surface area contributed by atoms with Crippen molar-refractivity contribution >= 4 is 11.9 Å². The summed E-state index contributed by atoms with van der Waals surface area (Å²) in [6, 6.07) is 8.91. The number of methoxy groups -OCH3 is 4. The van der Waals surface area contributed by atoms with E-state index in [-0.39, 0.29) is 49.1 Å². The molecule has 0 N–H and O–H groups in total. The lowest BCUT2D eigenvalue weighted by atomic mass is 10.2. The summed E-state index contributed by atoms with van der Waals surface area (Å²) < 4.78 is 30.9. The third-order valence-electron chi connectivity index (χ3n) is 4.41. The maximum absolute atomic E-state index is 12.5. The Morgan fingerprint density at radius 2 is 1.14 bits per heavy atom. The molecule has 0 saturated heterocycles. The van der Waals surface area contributed by atoms with Crippen molar-refractivity contribution < 1.29 is 57.6 Å². The highest BCUT2D eigenvalue weighted by Crippen LogP contribution is 2.27. The molecule has 196 valence electrons. The molecule has 0 atom stereocenters. The molecule has 0 spiro atoms. The fourth-order valence-electron chi connectivity index (χ4n) is 2.63. The van der Waals surface area contributed by atoms with Crippen molar-refractivity contribution in [3.63, 3.8) is 0 Å². The standard InChI is InChI=1S/C24H28O12/c1-6-31-11-12-32-15-22(33-35-23(25)18-9-7-16(27-2)13-20(18)29-4)34-36-24(26)19-10-8-17(28-3)14-21(19)30-5/h7-10,13-14H,1,6,11-12,15H2,2-5H3. The smallest absolute Gasteiger partial charge is 0.376 e. The molecule has 0 aromatic heterocycles. The summed E-state index contributed by atoms with van der Waals surface area (Å²) in [6.45, 7) is 3.81. The van der Waals surface area contributed by atoms with Crippen LogP contribution in [0.15, 0.2) is 36.4 Å². The molecule has 2 aromatic rings. The fraction of sp³-hybridized carbons (Fsp3) is 0.333. The lowest BCUT2D eigenvalue weighted by Gasteiger charge is -2.15. The molecule has 12 nitrogen and oxygen atoms in total. The first-order valence-corrected chi connectivity index (χ1v) is 10.5. The van der Waals surface area contributed by atoms with Crippen LogP contribution in [0.5, 0.6) is 23.0 Å². The van der Waals surface area contributed by atoms with Gasteiger partial charge >= 0.3 is 18.2 Å². The Morgan fingerprint density at radius 1 is 0.667 bits per heavy atom. The Hall–Kier alpha value is -3.58. The van der Waals surface area contributed by atoms with Crippen LogP contribution in [0.25, 0.3) is 0 Å². The first-order chi connectivity index (χ1) is 17.5. The quantitative estimate of drug-likeness (QED) is 0.188. The Kier molecular flexibility index (Phi) is 12.3. The second-order valence-electron chi connectivity index (χ2n) is 6.58. The van der Waals surface area contributed by atoms with E-state index in [1.807, 2.05) is 0 Å². The summed E-state index contributed by atoms with van der Waals surface area (Å²) in [4.78, 5) is 44.6. The number of carbonyl (C=O) groups excluding carboxylic acids is 2. The topological polar surface area (TPSA) is 126 Å². The van der Waals surface area contributed by atoms with Gasteiger partial charge in [-0.3, -0.25) is 9.78 Å². The summed E-state index contributed by atoms with van der Waals surface area (Å²) in [6.07, 6.45) is -0.480. The molecule has 0 fully saturated rings. The molecule has 36 heavy (non-hydrogen) atoms. The molecule has 0 bridgehead atoms. The number of carbonyl (C=O) groups is 2. The van der Waals surface area contributed by atoms with Crippen molar-refractivity contribution in [3.8, 4) is 23.0 Å². The van der Waals surface area contributed by atoms with Gasteiger partial charge in [0.2, 0.25) is 0 Å². The van der Waals surface area contributed by atoms with Crippen LogP contribution in [0.1, 0.15) is 20.7 Å². The van der Waals surface area contributed by atoms with Gasteiger partial charge in [-0.25, -0.2) is 9.59 Å². The van der Waals surface area contributed by atoms with Crippen molar-refractivity contribution in [2.24, 2.45) is 0 Å². The van der Waals surface area contributed by atoms with Crippen LogP contribution < -0.4 is 18.9 Å².